The summed E-state index contributed by atoms with van der Waals surface area (Å²) in [6, 6.07) is 44.0. The first-order chi connectivity index (χ1) is 19.9. The van der Waals surface area contributed by atoms with Crippen molar-refractivity contribution in [2.75, 3.05) is 11.5 Å². The number of rotatable bonds is 4. The second kappa shape index (κ2) is 9.32. The van der Waals surface area contributed by atoms with Crippen LogP contribution in [0.25, 0.3) is 33.4 Å². The topological polar surface area (TPSA) is 92.5 Å². The molecular weight excluding hydrogens is 504 g/mol. The predicted molar refractivity (Wildman–Crippen MR) is 167 cm³/mol. The molecule has 4 heteroatoms. The molecule has 0 aliphatic heterocycles. The van der Waals surface area contributed by atoms with Gasteiger partial charge in [0.1, 0.15) is 11.5 Å². The summed E-state index contributed by atoms with van der Waals surface area (Å²) in [7, 11) is 0. The van der Waals surface area contributed by atoms with Gasteiger partial charge in [0.05, 0.1) is 5.41 Å². The van der Waals surface area contributed by atoms with Crippen molar-refractivity contribution in [3.8, 4) is 44.9 Å². The Labute approximate surface area is 238 Å². The third-order valence-corrected chi connectivity index (χ3v) is 8.23. The zero-order valence-electron chi connectivity index (χ0n) is 22.3. The van der Waals surface area contributed by atoms with E-state index in [0.29, 0.717) is 0 Å². The Hall–Kier alpha value is -5.48. The van der Waals surface area contributed by atoms with Gasteiger partial charge in [-0.15, -0.1) is 0 Å². The lowest BCUT2D eigenvalue weighted by Gasteiger charge is -2.34. The monoisotopic (exact) mass is 532 g/mol. The van der Waals surface area contributed by atoms with Crippen molar-refractivity contribution in [3.05, 3.63) is 156 Å². The highest BCUT2D eigenvalue weighted by atomic mass is 16.3. The van der Waals surface area contributed by atoms with E-state index in [0.717, 1.165) is 67.0 Å². The standard InChI is InChI=1S/C37H28N2O2/c38-29-11-1-23(2-12-29)25-5-19-35-33(21-25)34-22-26(24-3-13-30(39)14-4-24)6-20-36(34)37(35,27-7-15-31(40)16-8-27)28-9-17-32(41)18-10-28/h1-22,40-41H,38-39H2. The van der Waals surface area contributed by atoms with Crippen molar-refractivity contribution in [1.82, 2.24) is 0 Å². The molecule has 0 atom stereocenters. The summed E-state index contributed by atoms with van der Waals surface area (Å²) in [5, 5.41) is 20.4. The zero-order chi connectivity index (χ0) is 28.1. The average Bonchev–Trinajstić information content (AvgIpc) is 3.28. The van der Waals surface area contributed by atoms with Crippen LogP contribution in [0.15, 0.2) is 133 Å². The van der Waals surface area contributed by atoms with E-state index in [2.05, 4.69) is 36.4 Å². The molecule has 4 nitrogen and oxygen atoms in total. The summed E-state index contributed by atoms with van der Waals surface area (Å²) < 4.78 is 0. The highest BCUT2D eigenvalue weighted by molar-refractivity contribution is 5.91. The van der Waals surface area contributed by atoms with Crippen LogP contribution in [0.1, 0.15) is 22.3 Å². The fraction of sp³-hybridized carbons (Fsp3) is 0.0270. The Morgan fingerprint density at radius 1 is 0.390 bits per heavy atom. The van der Waals surface area contributed by atoms with Crippen LogP contribution in [0.5, 0.6) is 11.5 Å². The number of benzene rings is 6. The summed E-state index contributed by atoms with van der Waals surface area (Å²) in [5.41, 5.74) is 23.7. The van der Waals surface area contributed by atoms with E-state index in [1.807, 2.05) is 72.8 Å². The summed E-state index contributed by atoms with van der Waals surface area (Å²) in [5.74, 6) is 0.427. The molecule has 1 aliphatic rings. The van der Waals surface area contributed by atoms with Crippen LogP contribution < -0.4 is 11.5 Å². The SMILES string of the molecule is Nc1ccc(-c2ccc3c(c2)-c2cc(-c4ccc(N)cc4)ccc2C3(c2ccc(O)cc2)c2ccc(O)cc2)cc1. The minimum absolute atomic E-state index is 0.213. The van der Waals surface area contributed by atoms with Crippen LogP contribution >= 0.6 is 0 Å². The zero-order valence-corrected chi connectivity index (χ0v) is 22.3. The Morgan fingerprint density at radius 3 is 1.10 bits per heavy atom. The lowest BCUT2D eigenvalue weighted by molar-refractivity contribution is 0.475. The van der Waals surface area contributed by atoms with Gasteiger partial charge in [0.25, 0.3) is 0 Å². The molecule has 0 saturated carbocycles. The summed E-state index contributed by atoms with van der Waals surface area (Å²) in [4.78, 5) is 0. The first kappa shape index (κ1) is 24.6. The lowest BCUT2D eigenvalue weighted by atomic mass is 9.67. The molecule has 0 saturated heterocycles. The van der Waals surface area contributed by atoms with Crippen LogP contribution in [0.4, 0.5) is 11.4 Å². The molecule has 7 rings (SSSR count). The number of nitrogens with two attached hydrogens (primary N) is 2. The van der Waals surface area contributed by atoms with E-state index in [-0.39, 0.29) is 11.5 Å². The number of anilines is 2. The Balaban J connectivity index is 1.55. The third-order valence-electron chi connectivity index (χ3n) is 8.23. The molecule has 0 spiro atoms. The number of aromatic hydroxyl groups is 2. The summed E-state index contributed by atoms with van der Waals surface area (Å²) in [6.07, 6.45) is 0. The van der Waals surface area contributed by atoms with Gasteiger partial charge in [-0.1, -0.05) is 72.8 Å². The number of fused-ring (bicyclic) bond motifs is 3. The van der Waals surface area contributed by atoms with Crippen molar-refractivity contribution in [1.29, 1.82) is 0 Å². The quantitative estimate of drug-likeness (QED) is 0.173. The van der Waals surface area contributed by atoms with Crippen LogP contribution in [0.2, 0.25) is 0 Å². The van der Waals surface area contributed by atoms with Crippen molar-refractivity contribution in [2.45, 2.75) is 5.41 Å². The largest absolute Gasteiger partial charge is 0.508 e. The highest BCUT2D eigenvalue weighted by Gasteiger charge is 2.46. The number of hydrogen-bond acceptors (Lipinski definition) is 4. The Kier molecular flexibility index (Phi) is 5.58. The summed E-state index contributed by atoms with van der Waals surface area (Å²) >= 11 is 0. The molecule has 0 heterocycles. The molecule has 0 aromatic heterocycles. The van der Waals surface area contributed by atoms with E-state index in [1.165, 1.54) is 0 Å². The van der Waals surface area contributed by atoms with Crippen LogP contribution in [0, 0.1) is 0 Å². The van der Waals surface area contributed by atoms with Gasteiger partial charge in [-0.25, -0.2) is 0 Å². The normalized spacial score (nSPS) is 13.0. The van der Waals surface area contributed by atoms with Gasteiger partial charge in [-0.3, -0.25) is 0 Å². The highest BCUT2D eigenvalue weighted by Crippen LogP contribution is 2.57. The fourth-order valence-corrected chi connectivity index (χ4v) is 6.26. The maximum absolute atomic E-state index is 10.2. The molecule has 6 N–H and O–H groups in total. The van der Waals surface area contributed by atoms with Gasteiger partial charge < -0.3 is 21.7 Å². The Morgan fingerprint density at radius 2 is 0.732 bits per heavy atom. The average molecular weight is 533 g/mol. The van der Waals surface area contributed by atoms with Gasteiger partial charge in [0.2, 0.25) is 0 Å². The molecule has 0 amide bonds. The number of phenols is 2. The van der Waals surface area contributed by atoms with E-state index in [4.69, 9.17) is 11.5 Å². The van der Waals surface area contributed by atoms with E-state index < -0.39 is 5.41 Å². The maximum atomic E-state index is 10.2. The van der Waals surface area contributed by atoms with Crippen LogP contribution in [-0.2, 0) is 5.41 Å². The minimum atomic E-state index is -0.661. The number of nitrogen functional groups attached to an aromatic ring is 2. The minimum Gasteiger partial charge on any atom is -0.508 e. The van der Waals surface area contributed by atoms with E-state index in [1.54, 1.807) is 24.3 Å². The number of hydrogen-bond donors (Lipinski definition) is 4. The van der Waals surface area contributed by atoms with Crippen LogP contribution in [0.3, 0.4) is 0 Å². The van der Waals surface area contributed by atoms with Gasteiger partial charge in [0.15, 0.2) is 0 Å². The van der Waals surface area contributed by atoms with E-state index in [9.17, 15) is 10.2 Å². The van der Waals surface area contributed by atoms with Gasteiger partial charge in [-0.2, -0.15) is 0 Å². The van der Waals surface area contributed by atoms with Crippen molar-refractivity contribution >= 4 is 11.4 Å². The lowest BCUT2D eigenvalue weighted by Crippen LogP contribution is -2.28. The van der Waals surface area contributed by atoms with Gasteiger partial charge >= 0.3 is 0 Å². The molecule has 0 radical (unpaired) electrons. The molecule has 198 valence electrons. The second-order valence-electron chi connectivity index (χ2n) is 10.6. The number of phenolic OH excluding ortho intramolecular Hbond substituents is 2. The predicted octanol–water partition coefficient (Wildman–Crippen LogP) is 7.96. The summed E-state index contributed by atoms with van der Waals surface area (Å²) in [6.45, 7) is 0. The molecule has 6 aromatic carbocycles. The van der Waals surface area contributed by atoms with Crippen molar-refractivity contribution in [2.24, 2.45) is 0 Å². The van der Waals surface area contributed by atoms with Crippen LogP contribution in [-0.4, -0.2) is 10.2 Å². The van der Waals surface area contributed by atoms with Crippen molar-refractivity contribution in [3.63, 3.8) is 0 Å². The third kappa shape index (κ3) is 3.92. The molecule has 41 heavy (non-hydrogen) atoms. The van der Waals surface area contributed by atoms with Gasteiger partial charge in [0, 0.05) is 11.4 Å². The fourth-order valence-electron chi connectivity index (χ4n) is 6.26. The van der Waals surface area contributed by atoms with Gasteiger partial charge in [-0.05, 0) is 116 Å². The molecule has 0 fully saturated rings. The molecule has 0 unspecified atom stereocenters. The molecule has 6 aromatic rings. The van der Waals surface area contributed by atoms with E-state index >= 15 is 0 Å². The molecular formula is C37H28N2O2. The molecule has 1 aliphatic carbocycles. The second-order valence-corrected chi connectivity index (χ2v) is 10.6. The maximum Gasteiger partial charge on any atom is 0.115 e. The molecule has 0 bridgehead atoms. The first-order valence-corrected chi connectivity index (χ1v) is 13.5. The first-order valence-electron chi connectivity index (χ1n) is 13.5. The Bertz CT molecular complexity index is 1750. The van der Waals surface area contributed by atoms with Crippen molar-refractivity contribution < 1.29 is 10.2 Å². The smallest absolute Gasteiger partial charge is 0.115 e.